The van der Waals surface area contributed by atoms with Gasteiger partial charge in [-0.25, -0.2) is 4.68 Å². The van der Waals surface area contributed by atoms with Crippen molar-refractivity contribution < 1.29 is 0 Å². The Kier molecular flexibility index (Phi) is 2.87. The van der Waals surface area contributed by atoms with Gasteiger partial charge in [-0.1, -0.05) is 13.8 Å². The number of hydrogen-bond donors (Lipinski definition) is 1. The summed E-state index contributed by atoms with van der Waals surface area (Å²) in [4.78, 5) is 0. The van der Waals surface area contributed by atoms with E-state index < -0.39 is 0 Å². The van der Waals surface area contributed by atoms with Crippen molar-refractivity contribution in [3.8, 4) is 0 Å². The van der Waals surface area contributed by atoms with E-state index in [1.165, 1.54) is 32.1 Å². The van der Waals surface area contributed by atoms with Gasteiger partial charge in [-0.2, -0.15) is 5.10 Å². The van der Waals surface area contributed by atoms with Crippen molar-refractivity contribution in [2.75, 3.05) is 5.73 Å². The van der Waals surface area contributed by atoms with E-state index in [2.05, 4.69) is 24.6 Å². The minimum Gasteiger partial charge on any atom is -0.384 e. The minimum absolute atomic E-state index is 0.469. The van der Waals surface area contributed by atoms with Gasteiger partial charge in [0.25, 0.3) is 0 Å². The Balaban J connectivity index is 1.54. The zero-order valence-corrected chi connectivity index (χ0v) is 12.8. The molecule has 4 aliphatic rings. The van der Waals surface area contributed by atoms with Crippen LogP contribution >= 0.6 is 0 Å². The number of nitrogens with two attached hydrogens (primary N) is 1. The van der Waals surface area contributed by atoms with Crippen molar-refractivity contribution in [1.82, 2.24) is 9.78 Å². The van der Waals surface area contributed by atoms with Crippen molar-refractivity contribution in [2.45, 2.75) is 58.4 Å². The molecule has 0 saturated heterocycles. The Bertz CT molecular complexity index is 474. The molecule has 1 aromatic heterocycles. The number of hydrogen-bond acceptors (Lipinski definition) is 2. The van der Waals surface area contributed by atoms with Crippen LogP contribution in [0.25, 0.3) is 0 Å². The van der Waals surface area contributed by atoms with Crippen LogP contribution < -0.4 is 5.73 Å². The second-order valence-electron chi connectivity index (χ2n) is 7.93. The van der Waals surface area contributed by atoms with Crippen LogP contribution in [0.15, 0.2) is 6.07 Å². The van der Waals surface area contributed by atoms with Crippen LogP contribution in [0.2, 0.25) is 0 Å². The van der Waals surface area contributed by atoms with Crippen LogP contribution in [0.3, 0.4) is 0 Å². The molecular formula is C17H27N3. The molecule has 20 heavy (non-hydrogen) atoms. The molecule has 0 spiro atoms. The maximum absolute atomic E-state index is 6.18. The van der Waals surface area contributed by atoms with Gasteiger partial charge in [-0.05, 0) is 67.6 Å². The molecule has 4 bridgehead atoms. The summed E-state index contributed by atoms with van der Waals surface area (Å²) in [5.74, 6) is 6.18. The molecule has 0 aromatic carbocycles. The average molecular weight is 273 g/mol. The van der Waals surface area contributed by atoms with E-state index in [1.54, 1.807) is 0 Å². The SMILES string of the molecule is CC(C)c1cc(N)n(CC2C3CC4CC(C3)CC2C4)n1. The van der Waals surface area contributed by atoms with E-state index in [9.17, 15) is 0 Å². The molecule has 3 heteroatoms. The molecule has 2 N–H and O–H groups in total. The van der Waals surface area contributed by atoms with Gasteiger partial charge in [0.1, 0.15) is 5.82 Å². The molecule has 4 saturated carbocycles. The van der Waals surface area contributed by atoms with Gasteiger partial charge in [0.2, 0.25) is 0 Å². The number of anilines is 1. The van der Waals surface area contributed by atoms with Crippen molar-refractivity contribution in [2.24, 2.45) is 29.6 Å². The number of nitrogen functional groups attached to an aromatic ring is 1. The smallest absolute Gasteiger partial charge is 0.121 e. The van der Waals surface area contributed by atoms with Crippen molar-refractivity contribution in [3.05, 3.63) is 11.8 Å². The molecule has 0 aliphatic heterocycles. The second-order valence-corrected chi connectivity index (χ2v) is 7.93. The Morgan fingerprint density at radius 1 is 1.15 bits per heavy atom. The summed E-state index contributed by atoms with van der Waals surface area (Å²) < 4.78 is 2.10. The topological polar surface area (TPSA) is 43.8 Å². The summed E-state index contributed by atoms with van der Waals surface area (Å²) in [6.07, 6.45) is 7.46. The fraction of sp³-hybridized carbons (Fsp3) is 0.824. The maximum atomic E-state index is 6.18. The predicted molar refractivity (Wildman–Crippen MR) is 81.3 cm³/mol. The van der Waals surface area contributed by atoms with Gasteiger partial charge in [-0.15, -0.1) is 0 Å². The summed E-state index contributed by atoms with van der Waals surface area (Å²) in [6.45, 7) is 5.44. The molecule has 1 aromatic rings. The highest BCUT2D eigenvalue weighted by Crippen LogP contribution is 2.56. The Morgan fingerprint density at radius 3 is 2.25 bits per heavy atom. The molecule has 4 fully saturated rings. The monoisotopic (exact) mass is 273 g/mol. The maximum Gasteiger partial charge on any atom is 0.121 e. The Labute approximate surface area is 121 Å². The van der Waals surface area contributed by atoms with Gasteiger partial charge in [0, 0.05) is 12.6 Å². The summed E-state index contributed by atoms with van der Waals surface area (Å²) in [6, 6.07) is 2.07. The van der Waals surface area contributed by atoms with Crippen LogP contribution in [0.4, 0.5) is 5.82 Å². The molecule has 0 amide bonds. The molecule has 4 aliphatic carbocycles. The first-order valence-corrected chi connectivity index (χ1v) is 8.43. The van der Waals surface area contributed by atoms with Crippen LogP contribution in [0.5, 0.6) is 0 Å². The Hall–Kier alpha value is -0.990. The summed E-state index contributed by atoms with van der Waals surface area (Å²) in [7, 11) is 0. The molecule has 110 valence electrons. The molecule has 0 unspecified atom stereocenters. The van der Waals surface area contributed by atoms with Gasteiger partial charge in [0.05, 0.1) is 5.69 Å². The summed E-state index contributed by atoms with van der Waals surface area (Å²) >= 11 is 0. The van der Waals surface area contributed by atoms with Crippen LogP contribution in [0.1, 0.15) is 57.6 Å². The zero-order chi connectivity index (χ0) is 13.9. The van der Waals surface area contributed by atoms with Crippen LogP contribution in [-0.2, 0) is 6.54 Å². The third kappa shape index (κ3) is 1.97. The van der Waals surface area contributed by atoms with Gasteiger partial charge in [-0.3, -0.25) is 0 Å². The summed E-state index contributed by atoms with van der Waals surface area (Å²) in [5, 5.41) is 4.75. The van der Waals surface area contributed by atoms with E-state index in [1.807, 2.05) is 0 Å². The first-order chi connectivity index (χ1) is 9.60. The zero-order valence-electron chi connectivity index (χ0n) is 12.8. The molecule has 5 rings (SSSR count). The highest BCUT2D eigenvalue weighted by atomic mass is 15.3. The molecule has 1 heterocycles. The van der Waals surface area contributed by atoms with E-state index in [4.69, 9.17) is 10.8 Å². The fourth-order valence-electron chi connectivity index (χ4n) is 5.42. The van der Waals surface area contributed by atoms with Crippen LogP contribution in [0, 0.1) is 29.6 Å². The molecule has 0 atom stereocenters. The van der Waals surface area contributed by atoms with Gasteiger partial charge >= 0.3 is 0 Å². The quantitative estimate of drug-likeness (QED) is 0.913. The molecular weight excluding hydrogens is 246 g/mol. The van der Waals surface area contributed by atoms with Crippen LogP contribution in [-0.4, -0.2) is 9.78 Å². The lowest BCUT2D eigenvalue weighted by Crippen LogP contribution is -2.46. The summed E-state index contributed by atoms with van der Waals surface area (Å²) in [5.41, 5.74) is 7.33. The van der Waals surface area contributed by atoms with E-state index in [0.29, 0.717) is 5.92 Å². The Morgan fingerprint density at radius 2 is 1.75 bits per heavy atom. The highest BCUT2D eigenvalue weighted by molar-refractivity contribution is 5.32. The van der Waals surface area contributed by atoms with E-state index in [-0.39, 0.29) is 0 Å². The third-order valence-electron chi connectivity index (χ3n) is 6.23. The average Bonchev–Trinajstić information content (AvgIpc) is 2.74. The molecule has 3 nitrogen and oxygen atoms in total. The number of nitrogens with zero attached hydrogens (tertiary/aromatic N) is 2. The van der Waals surface area contributed by atoms with E-state index >= 15 is 0 Å². The van der Waals surface area contributed by atoms with Crippen molar-refractivity contribution >= 4 is 5.82 Å². The predicted octanol–water partition coefficient (Wildman–Crippen LogP) is 3.66. The van der Waals surface area contributed by atoms with Gasteiger partial charge < -0.3 is 5.73 Å². The van der Waals surface area contributed by atoms with E-state index in [0.717, 1.165) is 47.6 Å². The van der Waals surface area contributed by atoms with Crippen molar-refractivity contribution in [1.29, 1.82) is 0 Å². The van der Waals surface area contributed by atoms with Gasteiger partial charge in [0.15, 0.2) is 0 Å². The largest absolute Gasteiger partial charge is 0.384 e. The van der Waals surface area contributed by atoms with Crippen molar-refractivity contribution in [3.63, 3.8) is 0 Å². The normalized spacial score (nSPS) is 38.9. The number of rotatable bonds is 3. The lowest BCUT2D eigenvalue weighted by Gasteiger charge is -2.54. The minimum atomic E-state index is 0.469. The second kappa shape index (κ2) is 4.51. The fourth-order valence-corrected chi connectivity index (χ4v) is 5.42. The molecule has 0 radical (unpaired) electrons. The highest BCUT2D eigenvalue weighted by Gasteiger charge is 2.48. The lowest BCUT2D eigenvalue weighted by atomic mass is 9.52. The lowest BCUT2D eigenvalue weighted by molar-refractivity contribution is -0.0440. The third-order valence-corrected chi connectivity index (χ3v) is 6.23. The standard InChI is InChI=1S/C17H27N3/c1-10(2)16-8-17(18)20(19-16)9-15-13-4-11-3-12(6-13)7-14(15)5-11/h8,10-15H,3-7,9,18H2,1-2H3. The first-order valence-electron chi connectivity index (χ1n) is 8.43. The number of aromatic nitrogens is 2. The first kappa shape index (κ1) is 12.7.